The maximum Gasteiger partial charge on any atom is 0.250 e. The van der Waals surface area contributed by atoms with Gasteiger partial charge in [0.2, 0.25) is 0 Å². The minimum absolute atomic E-state index is 0.0597. The normalized spacial score (nSPS) is 17.9. The van der Waals surface area contributed by atoms with E-state index in [1.807, 2.05) is 31.2 Å². The molecule has 118 valence electrons. The van der Waals surface area contributed by atoms with Crippen LogP contribution >= 0.6 is 0 Å². The number of benzene rings is 1. The predicted octanol–water partition coefficient (Wildman–Crippen LogP) is 2.88. The number of nitrogens with zero attached hydrogens (tertiary/aromatic N) is 2. The molecule has 1 N–H and O–H groups in total. The van der Waals surface area contributed by atoms with Gasteiger partial charge in [0.05, 0.1) is 23.7 Å². The van der Waals surface area contributed by atoms with Crippen molar-refractivity contribution in [1.82, 2.24) is 14.5 Å². The molecule has 1 atom stereocenters. The van der Waals surface area contributed by atoms with Gasteiger partial charge in [-0.05, 0) is 38.0 Å². The van der Waals surface area contributed by atoms with Gasteiger partial charge in [0.15, 0.2) is 0 Å². The van der Waals surface area contributed by atoms with Crippen LogP contribution in [-0.4, -0.2) is 27.2 Å². The fourth-order valence-electron chi connectivity index (χ4n) is 3.20. The summed E-state index contributed by atoms with van der Waals surface area (Å²) in [6, 6.07) is 10.0. The number of ether oxygens (including phenoxy) is 1. The van der Waals surface area contributed by atoms with Crippen LogP contribution in [-0.2, 0) is 11.3 Å². The zero-order valence-electron chi connectivity index (χ0n) is 13.1. The fraction of sp³-hybridized carbons (Fsp3) is 0.333. The Morgan fingerprint density at radius 2 is 2.26 bits per heavy atom. The SMILES string of the molecule is Cc1cc(-c2nc3ccccc3n2C[C@H]2CCCO2)c[nH]c1=O. The quantitative estimate of drug-likeness (QED) is 0.809. The van der Waals surface area contributed by atoms with E-state index in [9.17, 15) is 4.79 Å². The van der Waals surface area contributed by atoms with Crippen molar-refractivity contribution in [2.75, 3.05) is 6.61 Å². The van der Waals surface area contributed by atoms with E-state index in [0.717, 1.165) is 48.4 Å². The minimum atomic E-state index is -0.0597. The summed E-state index contributed by atoms with van der Waals surface area (Å²) in [5.41, 5.74) is 3.62. The third-order valence-electron chi connectivity index (χ3n) is 4.41. The Morgan fingerprint density at radius 1 is 1.39 bits per heavy atom. The average molecular weight is 309 g/mol. The molecule has 23 heavy (non-hydrogen) atoms. The second-order valence-corrected chi connectivity index (χ2v) is 6.07. The number of aromatic nitrogens is 3. The third-order valence-corrected chi connectivity index (χ3v) is 4.41. The first-order chi connectivity index (χ1) is 11.2. The van der Waals surface area contributed by atoms with Gasteiger partial charge < -0.3 is 14.3 Å². The molecule has 4 rings (SSSR count). The van der Waals surface area contributed by atoms with Crippen molar-refractivity contribution in [2.24, 2.45) is 0 Å². The third kappa shape index (κ3) is 2.57. The van der Waals surface area contributed by atoms with Crippen molar-refractivity contribution < 1.29 is 4.74 Å². The molecule has 1 saturated heterocycles. The van der Waals surface area contributed by atoms with Gasteiger partial charge in [-0.25, -0.2) is 4.98 Å². The van der Waals surface area contributed by atoms with Crippen molar-refractivity contribution in [3.05, 3.63) is 52.4 Å². The van der Waals surface area contributed by atoms with E-state index in [1.54, 1.807) is 6.20 Å². The van der Waals surface area contributed by atoms with E-state index in [0.29, 0.717) is 5.56 Å². The number of aromatic amines is 1. The van der Waals surface area contributed by atoms with Crippen molar-refractivity contribution in [2.45, 2.75) is 32.4 Å². The molecule has 1 aliphatic heterocycles. The number of fused-ring (bicyclic) bond motifs is 1. The van der Waals surface area contributed by atoms with Crippen molar-refractivity contribution in [1.29, 1.82) is 0 Å². The van der Waals surface area contributed by atoms with Crippen LogP contribution in [0.2, 0.25) is 0 Å². The Bertz CT molecular complexity index is 904. The topological polar surface area (TPSA) is 59.9 Å². The van der Waals surface area contributed by atoms with Crippen molar-refractivity contribution in [3.8, 4) is 11.4 Å². The number of nitrogens with one attached hydrogen (secondary N) is 1. The lowest BCUT2D eigenvalue weighted by molar-refractivity contribution is 0.0982. The zero-order valence-corrected chi connectivity index (χ0v) is 13.1. The van der Waals surface area contributed by atoms with E-state index in [-0.39, 0.29) is 11.7 Å². The summed E-state index contributed by atoms with van der Waals surface area (Å²) in [5.74, 6) is 0.876. The fourth-order valence-corrected chi connectivity index (χ4v) is 3.20. The summed E-state index contributed by atoms with van der Waals surface area (Å²) in [6.45, 7) is 3.44. The molecule has 0 spiro atoms. The molecule has 1 aliphatic rings. The molecule has 5 heteroatoms. The van der Waals surface area contributed by atoms with Crippen LogP contribution in [0.25, 0.3) is 22.4 Å². The van der Waals surface area contributed by atoms with Gasteiger partial charge in [-0.3, -0.25) is 4.79 Å². The highest BCUT2D eigenvalue weighted by molar-refractivity contribution is 5.80. The van der Waals surface area contributed by atoms with Gasteiger partial charge in [-0.15, -0.1) is 0 Å². The molecule has 0 saturated carbocycles. The molecular formula is C18H19N3O2. The van der Waals surface area contributed by atoms with Gasteiger partial charge in [-0.2, -0.15) is 0 Å². The molecule has 5 nitrogen and oxygen atoms in total. The molecule has 0 bridgehead atoms. The van der Waals surface area contributed by atoms with Crippen LogP contribution in [0.15, 0.2) is 41.3 Å². The number of pyridine rings is 1. The second-order valence-electron chi connectivity index (χ2n) is 6.07. The molecular weight excluding hydrogens is 290 g/mol. The first-order valence-electron chi connectivity index (χ1n) is 7.99. The summed E-state index contributed by atoms with van der Waals surface area (Å²) in [7, 11) is 0. The lowest BCUT2D eigenvalue weighted by Gasteiger charge is -2.14. The standard InChI is InChI=1S/C18H19N3O2/c1-12-9-13(10-19-18(12)22)17-20-15-6-2-3-7-16(15)21(17)11-14-5-4-8-23-14/h2-3,6-7,9-10,14H,4-5,8,11H2,1H3,(H,19,22)/t14-/m1/s1. The molecule has 0 unspecified atom stereocenters. The summed E-state index contributed by atoms with van der Waals surface area (Å²) in [4.78, 5) is 19.2. The van der Waals surface area contributed by atoms with Gasteiger partial charge in [0.25, 0.3) is 5.56 Å². The predicted molar refractivity (Wildman–Crippen MR) is 89.5 cm³/mol. The molecule has 1 fully saturated rings. The van der Waals surface area contributed by atoms with E-state index < -0.39 is 0 Å². The van der Waals surface area contributed by atoms with Gasteiger partial charge in [0.1, 0.15) is 5.82 Å². The average Bonchev–Trinajstić information content (AvgIpc) is 3.19. The number of hydrogen-bond donors (Lipinski definition) is 1. The number of H-pyrrole nitrogens is 1. The highest BCUT2D eigenvalue weighted by Gasteiger charge is 2.20. The number of aryl methyl sites for hydroxylation is 1. The Kier molecular flexibility index (Phi) is 3.50. The van der Waals surface area contributed by atoms with Crippen LogP contribution in [0.1, 0.15) is 18.4 Å². The van der Waals surface area contributed by atoms with Gasteiger partial charge in [0, 0.05) is 23.9 Å². The molecule has 1 aromatic carbocycles. The second kappa shape index (κ2) is 5.66. The van der Waals surface area contributed by atoms with Crippen LogP contribution in [0.4, 0.5) is 0 Å². The number of hydrogen-bond acceptors (Lipinski definition) is 3. The zero-order chi connectivity index (χ0) is 15.8. The van der Waals surface area contributed by atoms with Crippen LogP contribution < -0.4 is 5.56 Å². The van der Waals surface area contributed by atoms with Crippen LogP contribution in [0.3, 0.4) is 0 Å². The van der Waals surface area contributed by atoms with Gasteiger partial charge in [-0.1, -0.05) is 12.1 Å². The molecule has 0 radical (unpaired) electrons. The molecule has 3 aromatic rings. The van der Waals surface area contributed by atoms with Crippen LogP contribution in [0.5, 0.6) is 0 Å². The Labute approximate surface area is 133 Å². The van der Waals surface area contributed by atoms with Gasteiger partial charge >= 0.3 is 0 Å². The highest BCUT2D eigenvalue weighted by Crippen LogP contribution is 2.26. The summed E-state index contributed by atoms with van der Waals surface area (Å²) >= 11 is 0. The first kappa shape index (κ1) is 14.2. The minimum Gasteiger partial charge on any atom is -0.376 e. The monoisotopic (exact) mass is 309 g/mol. The first-order valence-corrected chi connectivity index (χ1v) is 7.99. The Hall–Kier alpha value is -2.40. The Morgan fingerprint density at radius 3 is 3.04 bits per heavy atom. The maximum atomic E-state index is 11.6. The number of imidazole rings is 1. The van der Waals surface area contributed by atoms with E-state index in [4.69, 9.17) is 9.72 Å². The Balaban J connectivity index is 1.86. The highest BCUT2D eigenvalue weighted by atomic mass is 16.5. The molecule has 2 aromatic heterocycles. The van der Waals surface area contributed by atoms with E-state index >= 15 is 0 Å². The van der Waals surface area contributed by atoms with Crippen molar-refractivity contribution in [3.63, 3.8) is 0 Å². The number of para-hydroxylation sites is 2. The summed E-state index contributed by atoms with van der Waals surface area (Å²) in [5, 5.41) is 0. The summed E-state index contributed by atoms with van der Waals surface area (Å²) < 4.78 is 8.01. The largest absolute Gasteiger partial charge is 0.376 e. The lowest BCUT2D eigenvalue weighted by atomic mass is 10.2. The smallest absolute Gasteiger partial charge is 0.250 e. The number of rotatable bonds is 3. The molecule has 0 aliphatic carbocycles. The maximum absolute atomic E-state index is 11.6. The van der Waals surface area contributed by atoms with Crippen molar-refractivity contribution >= 4 is 11.0 Å². The molecule has 0 amide bonds. The summed E-state index contributed by atoms with van der Waals surface area (Å²) in [6.07, 6.45) is 4.17. The van der Waals surface area contributed by atoms with E-state index in [1.165, 1.54) is 0 Å². The van der Waals surface area contributed by atoms with Crippen LogP contribution in [0, 0.1) is 6.92 Å². The lowest BCUT2D eigenvalue weighted by Crippen LogP contribution is -2.16. The molecule has 3 heterocycles. The van der Waals surface area contributed by atoms with E-state index in [2.05, 4.69) is 15.6 Å².